The fourth-order valence-corrected chi connectivity index (χ4v) is 1.98. The van der Waals surface area contributed by atoms with Crippen molar-refractivity contribution < 1.29 is 19.0 Å². The Morgan fingerprint density at radius 1 is 1.44 bits per heavy atom. The fourth-order valence-electron chi connectivity index (χ4n) is 1.98. The topological polar surface area (TPSA) is 68.6 Å². The predicted octanol–water partition coefficient (Wildman–Crippen LogP) is 2.30. The van der Waals surface area contributed by atoms with E-state index >= 15 is 0 Å². The zero-order valence-electron chi connectivity index (χ0n) is 10.4. The van der Waals surface area contributed by atoms with Gasteiger partial charge in [0.05, 0.1) is 19.1 Å². The molecule has 0 saturated heterocycles. The van der Waals surface area contributed by atoms with Crippen molar-refractivity contribution in [1.29, 1.82) is 5.26 Å². The number of hydrogen-bond donors (Lipinski definition) is 0. The van der Waals surface area contributed by atoms with Gasteiger partial charge in [0.25, 0.3) is 6.26 Å². The first kappa shape index (κ1) is 12.2. The summed E-state index contributed by atoms with van der Waals surface area (Å²) >= 11 is 0. The lowest BCUT2D eigenvalue weighted by Crippen LogP contribution is -2.36. The van der Waals surface area contributed by atoms with Crippen LogP contribution in [-0.4, -0.2) is 18.5 Å². The van der Waals surface area contributed by atoms with Crippen molar-refractivity contribution in [2.24, 2.45) is 0 Å². The molecule has 0 fully saturated rings. The number of nitrogens with zero attached hydrogens (tertiary/aromatic N) is 1. The predicted molar refractivity (Wildman–Crippen MR) is 62.9 cm³/mol. The van der Waals surface area contributed by atoms with Gasteiger partial charge in [-0.2, -0.15) is 0 Å². The molecular formula is C13H13NO4. The van der Waals surface area contributed by atoms with Gasteiger partial charge in [-0.05, 0) is 26.0 Å². The Balaban J connectivity index is 2.59. The van der Waals surface area contributed by atoms with E-state index in [1.54, 1.807) is 12.3 Å². The van der Waals surface area contributed by atoms with Gasteiger partial charge in [0, 0.05) is 0 Å². The van der Waals surface area contributed by atoms with E-state index in [0.29, 0.717) is 17.7 Å². The van der Waals surface area contributed by atoms with Crippen LogP contribution in [0, 0.1) is 11.5 Å². The molecule has 5 heteroatoms. The van der Waals surface area contributed by atoms with E-state index in [2.05, 4.69) is 0 Å². The Labute approximate surface area is 105 Å². The summed E-state index contributed by atoms with van der Waals surface area (Å²) < 4.78 is 15.7. The zero-order chi connectivity index (χ0) is 13.3. The molecule has 1 aromatic rings. The van der Waals surface area contributed by atoms with Gasteiger partial charge >= 0.3 is 0 Å². The van der Waals surface area contributed by atoms with E-state index in [0.717, 1.165) is 0 Å². The summed E-state index contributed by atoms with van der Waals surface area (Å²) in [5.74, 6) is 0.842. The molecule has 0 atom stereocenters. The van der Waals surface area contributed by atoms with Crippen molar-refractivity contribution in [3.63, 3.8) is 0 Å². The number of Topliss-reactive ketones (excluding diaryl/α,β-unsaturated/α-hetero) is 1. The quantitative estimate of drug-likeness (QED) is 0.750. The second-order valence-electron chi connectivity index (χ2n) is 4.63. The third kappa shape index (κ3) is 1.97. The summed E-state index contributed by atoms with van der Waals surface area (Å²) in [6.07, 6.45) is 1.88. The van der Waals surface area contributed by atoms with Crippen LogP contribution in [0.15, 0.2) is 12.1 Å². The molecular weight excluding hydrogens is 234 g/mol. The molecule has 2 rings (SSSR count). The monoisotopic (exact) mass is 247 g/mol. The minimum absolute atomic E-state index is 0.0111. The number of ether oxygens (including phenoxy) is 3. The third-order valence-electron chi connectivity index (χ3n) is 2.70. The summed E-state index contributed by atoms with van der Waals surface area (Å²) in [4.78, 5) is 12.0. The van der Waals surface area contributed by atoms with Crippen LogP contribution < -0.4 is 14.2 Å². The molecule has 0 spiro atoms. The van der Waals surface area contributed by atoms with E-state index in [-0.39, 0.29) is 17.3 Å². The van der Waals surface area contributed by atoms with Crippen molar-refractivity contribution >= 4 is 5.78 Å². The van der Waals surface area contributed by atoms with Gasteiger partial charge in [-0.15, -0.1) is 5.26 Å². The summed E-state index contributed by atoms with van der Waals surface area (Å²) in [6, 6.07) is 3.11. The van der Waals surface area contributed by atoms with Crippen LogP contribution in [0.4, 0.5) is 0 Å². The number of carbonyl (C=O) groups is 1. The smallest absolute Gasteiger partial charge is 0.292 e. The molecule has 0 unspecified atom stereocenters. The Morgan fingerprint density at radius 3 is 2.78 bits per heavy atom. The number of rotatable bonds is 2. The van der Waals surface area contributed by atoms with Crippen LogP contribution in [-0.2, 0) is 0 Å². The van der Waals surface area contributed by atoms with Gasteiger partial charge in [-0.25, -0.2) is 0 Å². The lowest BCUT2D eigenvalue weighted by molar-refractivity contribution is 0.0599. The molecule has 0 N–H and O–H groups in total. The second kappa shape index (κ2) is 4.22. The molecule has 0 aliphatic carbocycles. The maximum atomic E-state index is 12.0. The first-order valence-electron chi connectivity index (χ1n) is 5.47. The summed E-state index contributed by atoms with van der Waals surface area (Å²) in [7, 11) is 1.44. The molecule has 1 aromatic carbocycles. The molecule has 18 heavy (non-hydrogen) atoms. The standard InChI is InChI=1S/C13H13NO4/c1-13(2)6-9(15)8-4-5-10(17-7-14)12(16-3)11(8)18-13/h4-5H,6H2,1-3H3. The van der Waals surface area contributed by atoms with Crippen LogP contribution in [0.2, 0.25) is 0 Å². The van der Waals surface area contributed by atoms with Gasteiger partial charge < -0.3 is 14.2 Å². The first-order valence-corrected chi connectivity index (χ1v) is 5.47. The van der Waals surface area contributed by atoms with Gasteiger partial charge in [-0.1, -0.05) is 0 Å². The molecule has 5 nitrogen and oxygen atoms in total. The summed E-state index contributed by atoms with van der Waals surface area (Å²) in [5, 5.41) is 8.56. The Kier molecular flexibility index (Phi) is 2.87. The minimum Gasteiger partial charge on any atom is -0.490 e. The number of methoxy groups -OCH3 is 1. The Morgan fingerprint density at radius 2 is 2.17 bits per heavy atom. The Hall–Kier alpha value is -2.22. The molecule has 0 amide bonds. The van der Waals surface area contributed by atoms with Crippen molar-refractivity contribution in [3.8, 4) is 23.5 Å². The van der Waals surface area contributed by atoms with Gasteiger partial charge in [0.15, 0.2) is 17.3 Å². The average molecular weight is 247 g/mol. The summed E-state index contributed by atoms with van der Waals surface area (Å²) in [6.45, 7) is 3.65. The van der Waals surface area contributed by atoms with Gasteiger partial charge in [0.1, 0.15) is 5.60 Å². The third-order valence-corrected chi connectivity index (χ3v) is 2.70. The van der Waals surface area contributed by atoms with E-state index < -0.39 is 5.60 Å². The zero-order valence-corrected chi connectivity index (χ0v) is 10.4. The van der Waals surface area contributed by atoms with E-state index in [4.69, 9.17) is 19.5 Å². The number of ketones is 1. The van der Waals surface area contributed by atoms with Crippen molar-refractivity contribution in [2.75, 3.05) is 7.11 Å². The van der Waals surface area contributed by atoms with Crippen molar-refractivity contribution in [2.45, 2.75) is 25.9 Å². The summed E-state index contributed by atoms with van der Waals surface area (Å²) in [5.41, 5.74) is -0.140. The molecule has 0 saturated carbocycles. The molecule has 0 radical (unpaired) electrons. The van der Waals surface area contributed by atoms with Gasteiger partial charge in [-0.3, -0.25) is 4.79 Å². The Bertz CT molecular complexity index is 543. The highest BCUT2D eigenvalue weighted by molar-refractivity contribution is 6.01. The molecule has 94 valence electrons. The second-order valence-corrected chi connectivity index (χ2v) is 4.63. The SMILES string of the molecule is COc1c(OC#N)ccc2c1OC(C)(C)CC2=O. The molecule has 1 heterocycles. The van der Waals surface area contributed by atoms with Crippen LogP contribution >= 0.6 is 0 Å². The average Bonchev–Trinajstić information content (AvgIpc) is 2.27. The largest absolute Gasteiger partial charge is 0.490 e. The number of benzene rings is 1. The highest BCUT2D eigenvalue weighted by atomic mass is 16.5. The van der Waals surface area contributed by atoms with Gasteiger partial charge in [0.2, 0.25) is 5.75 Å². The maximum Gasteiger partial charge on any atom is 0.292 e. The lowest BCUT2D eigenvalue weighted by Gasteiger charge is -2.32. The number of carbonyl (C=O) groups excluding carboxylic acids is 1. The maximum absolute atomic E-state index is 12.0. The normalized spacial score (nSPS) is 16.2. The van der Waals surface area contributed by atoms with Crippen molar-refractivity contribution in [3.05, 3.63) is 17.7 Å². The van der Waals surface area contributed by atoms with Crippen LogP contribution in [0.1, 0.15) is 30.6 Å². The molecule has 1 aliphatic rings. The van der Waals surface area contributed by atoms with E-state index in [1.807, 2.05) is 13.8 Å². The van der Waals surface area contributed by atoms with Crippen LogP contribution in [0.25, 0.3) is 0 Å². The highest BCUT2D eigenvalue weighted by Crippen LogP contribution is 2.45. The van der Waals surface area contributed by atoms with Crippen LogP contribution in [0.5, 0.6) is 17.2 Å². The van der Waals surface area contributed by atoms with Crippen LogP contribution in [0.3, 0.4) is 0 Å². The lowest BCUT2D eigenvalue weighted by atomic mass is 9.93. The fraction of sp³-hybridized carbons (Fsp3) is 0.385. The van der Waals surface area contributed by atoms with Crippen molar-refractivity contribution in [1.82, 2.24) is 0 Å². The number of nitriles is 1. The minimum atomic E-state index is -0.595. The molecule has 1 aliphatic heterocycles. The molecule has 0 bridgehead atoms. The first-order chi connectivity index (χ1) is 8.48. The number of hydrogen-bond acceptors (Lipinski definition) is 5. The molecule has 0 aromatic heterocycles. The van der Waals surface area contributed by atoms with E-state index in [9.17, 15) is 4.79 Å². The van der Waals surface area contributed by atoms with E-state index in [1.165, 1.54) is 13.2 Å². The number of fused-ring (bicyclic) bond motifs is 1. The highest BCUT2D eigenvalue weighted by Gasteiger charge is 2.35.